The first kappa shape index (κ1) is 9.82. The molecule has 1 heterocycles. The Labute approximate surface area is 77.0 Å². The molecule has 0 fully saturated rings. The topological polar surface area (TPSA) is 76.5 Å². The Balaban J connectivity index is 3.05. The first-order valence-corrected chi connectivity index (χ1v) is 4.40. The van der Waals surface area contributed by atoms with E-state index in [0.29, 0.717) is 0 Å². The molecular formula is C7H7NO4S. The molecule has 0 amide bonds. The number of carbonyl (C=O) groups is 1. The molecule has 0 aromatic carbocycles. The van der Waals surface area contributed by atoms with Crippen molar-refractivity contribution in [1.82, 2.24) is 4.98 Å². The highest BCUT2D eigenvalue weighted by Gasteiger charge is 2.08. The summed E-state index contributed by atoms with van der Waals surface area (Å²) < 4.78 is 23.7. The number of nitrogens with zero attached hydrogens (tertiary/aromatic N) is 1. The second-order valence-electron chi connectivity index (χ2n) is 2.15. The summed E-state index contributed by atoms with van der Waals surface area (Å²) in [6, 6.07) is 1.26. The molecule has 1 rings (SSSR count). The van der Waals surface area contributed by atoms with Crippen molar-refractivity contribution in [2.75, 3.05) is 7.11 Å². The van der Waals surface area contributed by atoms with E-state index in [0.717, 1.165) is 0 Å². The molecule has 0 saturated heterocycles. The number of pyridine rings is 1. The lowest BCUT2D eigenvalue weighted by Gasteiger charge is -1.99. The summed E-state index contributed by atoms with van der Waals surface area (Å²) in [5, 5.41) is 0. The maximum atomic E-state index is 10.9. The lowest BCUT2D eigenvalue weighted by molar-refractivity contribution is 0.0600. The Morgan fingerprint density at radius 3 is 2.85 bits per heavy atom. The van der Waals surface area contributed by atoms with Crippen LogP contribution in [0.5, 0.6) is 0 Å². The molecule has 13 heavy (non-hydrogen) atoms. The number of ether oxygens (including phenoxy) is 1. The number of aromatic nitrogens is 1. The van der Waals surface area contributed by atoms with Crippen LogP contribution < -0.4 is 0 Å². The molecule has 5 nitrogen and oxygen atoms in total. The van der Waals surface area contributed by atoms with Gasteiger partial charge in [-0.25, -0.2) is 9.00 Å². The summed E-state index contributed by atoms with van der Waals surface area (Å²) in [5.41, 5.74) is 0.155. The molecule has 0 aliphatic heterocycles. The number of methoxy groups -OCH3 is 1. The normalized spacial score (nSPS) is 12.2. The van der Waals surface area contributed by atoms with Crippen LogP contribution in [0.15, 0.2) is 23.4 Å². The SMILES string of the molecule is COC(=O)c1cncc(S(=O)O)c1. The van der Waals surface area contributed by atoms with Crippen molar-refractivity contribution in [1.29, 1.82) is 0 Å². The highest BCUT2D eigenvalue weighted by atomic mass is 32.2. The Morgan fingerprint density at radius 2 is 2.31 bits per heavy atom. The Hall–Kier alpha value is -1.27. The average molecular weight is 201 g/mol. The lowest BCUT2D eigenvalue weighted by Crippen LogP contribution is -2.03. The second kappa shape index (κ2) is 4.11. The summed E-state index contributed by atoms with van der Waals surface area (Å²) in [5.74, 6) is -0.584. The zero-order chi connectivity index (χ0) is 9.84. The van der Waals surface area contributed by atoms with Gasteiger partial charge in [0.15, 0.2) is 11.1 Å². The van der Waals surface area contributed by atoms with Gasteiger partial charge in [0.1, 0.15) is 0 Å². The third kappa shape index (κ3) is 2.33. The molecule has 1 aromatic heterocycles. The predicted molar refractivity (Wildman–Crippen MR) is 44.6 cm³/mol. The van der Waals surface area contributed by atoms with Gasteiger partial charge in [-0.2, -0.15) is 0 Å². The largest absolute Gasteiger partial charge is 0.465 e. The van der Waals surface area contributed by atoms with E-state index in [9.17, 15) is 9.00 Å². The fourth-order valence-electron chi connectivity index (χ4n) is 0.744. The number of carbonyl (C=O) groups excluding carboxylic acids is 1. The molecule has 1 unspecified atom stereocenters. The lowest BCUT2D eigenvalue weighted by atomic mass is 10.3. The third-order valence-electron chi connectivity index (χ3n) is 1.34. The fourth-order valence-corrected chi connectivity index (χ4v) is 1.12. The summed E-state index contributed by atoms with van der Waals surface area (Å²) >= 11 is -2.13. The van der Waals surface area contributed by atoms with E-state index in [-0.39, 0.29) is 10.5 Å². The van der Waals surface area contributed by atoms with Gasteiger partial charge in [-0.15, -0.1) is 0 Å². The molecule has 0 spiro atoms. The van der Waals surface area contributed by atoms with Crippen LogP contribution in [0.1, 0.15) is 10.4 Å². The van der Waals surface area contributed by atoms with Gasteiger partial charge >= 0.3 is 5.97 Å². The molecule has 1 aromatic rings. The van der Waals surface area contributed by atoms with Crippen molar-refractivity contribution in [2.45, 2.75) is 4.90 Å². The van der Waals surface area contributed by atoms with Gasteiger partial charge in [-0.05, 0) is 6.07 Å². The van der Waals surface area contributed by atoms with Crippen LogP contribution in [-0.4, -0.2) is 26.8 Å². The van der Waals surface area contributed by atoms with Gasteiger partial charge in [0.25, 0.3) is 0 Å². The zero-order valence-corrected chi connectivity index (χ0v) is 7.58. The van der Waals surface area contributed by atoms with Gasteiger partial charge in [-0.3, -0.25) is 4.98 Å². The van der Waals surface area contributed by atoms with E-state index in [1.54, 1.807) is 0 Å². The van der Waals surface area contributed by atoms with Crippen molar-refractivity contribution in [3.05, 3.63) is 24.0 Å². The zero-order valence-electron chi connectivity index (χ0n) is 6.76. The smallest absolute Gasteiger partial charge is 0.339 e. The van der Waals surface area contributed by atoms with E-state index in [1.165, 1.54) is 25.6 Å². The number of esters is 1. The Bertz CT molecular complexity index is 352. The van der Waals surface area contributed by atoms with Crippen LogP contribution in [-0.2, 0) is 15.8 Å². The molecule has 1 atom stereocenters. The van der Waals surface area contributed by atoms with E-state index in [4.69, 9.17) is 4.55 Å². The molecule has 0 aliphatic rings. The van der Waals surface area contributed by atoms with Gasteiger partial charge in [0.2, 0.25) is 0 Å². The van der Waals surface area contributed by atoms with E-state index < -0.39 is 17.0 Å². The molecule has 70 valence electrons. The van der Waals surface area contributed by atoms with Crippen LogP contribution in [0.3, 0.4) is 0 Å². The molecule has 0 saturated carbocycles. The van der Waals surface area contributed by atoms with E-state index in [2.05, 4.69) is 9.72 Å². The van der Waals surface area contributed by atoms with Crippen LogP contribution in [0.2, 0.25) is 0 Å². The number of hydrogen-bond donors (Lipinski definition) is 1. The molecular weight excluding hydrogens is 194 g/mol. The molecule has 6 heteroatoms. The minimum Gasteiger partial charge on any atom is -0.465 e. The minimum atomic E-state index is -2.13. The Kier molecular flexibility index (Phi) is 3.10. The van der Waals surface area contributed by atoms with Crippen LogP contribution in [0.4, 0.5) is 0 Å². The van der Waals surface area contributed by atoms with Gasteiger partial charge < -0.3 is 9.29 Å². The Morgan fingerprint density at radius 1 is 1.62 bits per heavy atom. The van der Waals surface area contributed by atoms with Gasteiger partial charge in [-0.1, -0.05) is 0 Å². The van der Waals surface area contributed by atoms with E-state index in [1.807, 2.05) is 0 Å². The fraction of sp³-hybridized carbons (Fsp3) is 0.143. The summed E-state index contributed by atoms with van der Waals surface area (Å²) in [4.78, 5) is 14.6. The molecule has 0 radical (unpaired) electrons. The van der Waals surface area contributed by atoms with E-state index >= 15 is 0 Å². The highest BCUT2D eigenvalue weighted by Crippen LogP contribution is 2.06. The summed E-state index contributed by atoms with van der Waals surface area (Å²) in [7, 11) is 1.23. The summed E-state index contributed by atoms with van der Waals surface area (Å²) in [6.45, 7) is 0. The van der Waals surface area contributed by atoms with Crippen LogP contribution >= 0.6 is 0 Å². The van der Waals surface area contributed by atoms with Crippen molar-refractivity contribution in [3.8, 4) is 0 Å². The minimum absolute atomic E-state index is 0.0721. The maximum absolute atomic E-state index is 10.9. The molecule has 1 N–H and O–H groups in total. The third-order valence-corrected chi connectivity index (χ3v) is 1.96. The number of hydrogen-bond acceptors (Lipinski definition) is 4. The van der Waals surface area contributed by atoms with Crippen molar-refractivity contribution < 1.29 is 18.3 Å². The quantitative estimate of drug-likeness (QED) is 0.555. The maximum Gasteiger partial charge on any atom is 0.339 e. The van der Waals surface area contributed by atoms with Crippen molar-refractivity contribution in [2.24, 2.45) is 0 Å². The van der Waals surface area contributed by atoms with Crippen LogP contribution in [0, 0.1) is 0 Å². The molecule has 0 aliphatic carbocycles. The second-order valence-corrected chi connectivity index (χ2v) is 3.12. The average Bonchev–Trinajstić information content (AvgIpc) is 2.17. The first-order chi connectivity index (χ1) is 6.15. The number of rotatable bonds is 2. The predicted octanol–water partition coefficient (Wildman–Crippen LogP) is 0.449. The molecule has 0 bridgehead atoms. The van der Waals surface area contributed by atoms with Gasteiger partial charge in [0, 0.05) is 12.4 Å². The van der Waals surface area contributed by atoms with Gasteiger partial charge in [0.05, 0.1) is 17.6 Å². The van der Waals surface area contributed by atoms with Crippen LogP contribution in [0.25, 0.3) is 0 Å². The first-order valence-electron chi connectivity index (χ1n) is 3.29. The van der Waals surface area contributed by atoms with Crippen molar-refractivity contribution >= 4 is 17.0 Å². The summed E-state index contributed by atoms with van der Waals surface area (Å²) in [6.07, 6.45) is 2.48. The standard InChI is InChI=1S/C7H7NO4S/c1-12-7(9)5-2-6(13(10)11)4-8-3-5/h2-4H,1H3,(H,10,11). The highest BCUT2D eigenvalue weighted by molar-refractivity contribution is 7.79. The van der Waals surface area contributed by atoms with Crippen molar-refractivity contribution in [3.63, 3.8) is 0 Å². The monoisotopic (exact) mass is 201 g/mol.